The molecule has 0 spiro atoms. The van der Waals surface area contributed by atoms with Crippen molar-refractivity contribution in [2.45, 2.75) is 27.7 Å². The van der Waals surface area contributed by atoms with Gasteiger partial charge in [0.2, 0.25) is 0 Å². The van der Waals surface area contributed by atoms with E-state index in [4.69, 9.17) is 0 Å². The van der Waals surface area contributed by atoms with Gasteiger partial charge in [0.05, 0.1) is 0 Å². The van der Waals surface area contributed by atoms with E-state index in [-0.39, 0.29) is 0 Å². The van der Waals surface area contributed by atoms with E-state index >= 15 is 0 Å². The van der Waals surface area contributed by atoms with Crippen LogP contribution in [0.2, 0.25) is 0 Å². The Morgan fingerprint density at radius 1 is 0.577 bits per heavy atom. The molecule has 5 rings (SSSR count). The van der Waals surface area contributed by atoms with Crippen LogP contribution >= 0.6 is 0 Å². The molecule has 0 saturated carbocycles. The van der Waals surface area contributed by atoms with E-state index in [9.17, 15) is 0 Å². The van der Waals surface area contributed by atoms with E-state index < -0.39 is 0 Å². The van der Waals surface area contributed by atoms with Crippen LogP contribution in [0.15, 0.2) is 66.2 Å². The maximum absolute atomic E-state index is 2.29. The number of benzene rings is 4. The van der Waals surface area contributed by atoms with Crippen molar-refractivity contribution >= 4 is 27.1 Å². The van der Waals surface area contributed by atoms with Gasteiger partial charge < -0.3 is 0 Å². The lowest BCUT2D eigenvalue weighted by molar-refractivity contribution is 1.33. The summed E-state index contributed by atoms with van der Waals surface area (Å²) < 4.78 is 0. The van der Waals surface area contributed by atoms with E-state index in [1.54, 1.807) is 0 Å². The lowest BCUT2D eigenvalue weighted by Crippen LogP contribution is -1.98. The monoisotopic (exact) mass is 334 g/mol. The van der Waals surface area contributed by atoms with Gasteiger partial charge in [-0.2, -0.15) is 0 Å². The van der Waals surface area contributed by atoms with Crippen molar-refractivity contribution in [3.05, 3.63) is 88.5 Å². The van der Waals surface area contributed by atoms with Crippen molar-refractivity contribution in [3.63, 3.8) is 0 Å². The van der Waals surface area contributed by atoms with Gasteiger partial charge in [0.25, 0.3) is 0 Å². The SMILES string of the molecule is CC(C)=C1c2c(C)cccc2-c2cccc3ccc4ccc(C)c1c4c23. The summed E-state index contributed by atoms with van der Waals surface area (Å²) in [6, 6.07) is 22.5. The lowest BCUT2D eigenvalue weighted by Gasteiger charge is -2.18. The number of allylic oxidation sites excluding steroid dienone is 1. The molecule has 126 valence electrons. The van der Waals surface area contributed by atoms with E-state index in [0.717, 1.165) is 0 Å². The van der Waals surface area contributed by atoms with Crippen LogP contribution < -0.4 is 0 Å². The molecule has 0 aromatic heterocycles. The first kappa shape index (κ1) is 15.4. The number of hydrogen-bond donors (Lipinski definition) is 0. The van der Waals surface area contributed by atoms with Crippen molar-refractivity contribution in [2.24, 2.45) is 0 Å². The summed E-state index contributed by atoms with van der Waals surface area (Å²) in [5, 5.41) is 5.45. The molecule has 0 aliphatic heterocycles. The molecular weight excluding hydrogens is 312 g/mol. The zero-order chi connectivity index (χ0) is 18.0. The highest BCUT2D eigenvalue weighted by Crippen LogP contribution is 2.48. The average molecular weight is 334 g/mol. The summed E-state index contributed by atoms with van der Waals surface area (Å²) in [7, 11) is 0. The Morgan fingerprint density at radius 3 is 1.96 bits per heavy atom. The first-order valence-corrected chi connectivity index (χ1v) is 9.31. The molecule has 0 bridgehead atoms. The third-order valence-corrected chi connectivity index (χ3v) is 5.80. The maximum Gasteiger partial charge on any atom is -0.00177 e. The Labute approximate surface area is 154 Å². The van der Waals surface area contributed by atoms with Gasteiger partial charge in [-0.25, -0.2) is 0 Å². The number of hydrogen-bond acceptors (Lipinski definition) is 0. The third-order valence-electron chi connectivity index (χ3n) is 5.80. The van der Waals surface area contributed by atoms with E-state index in [1.165, 1.54) is 66.1 Å². The molecule has 0 nitrogen and oxygen atoms in total. The van der Waals surface area contributed by atoms with E-state index in [1.807, 2.05) is 0 Å². The summed E-state index contributed by atoms with van der Waals surface area (Å²) in [5.41, 5.74) is 11.0. The highest BCUT2D eigenvalue weighted by Gasteiger charge is 2.24. The standard InChI is InChI=1S/C26H22/c1-15(2)22-23-16(3)7-5-9-20(23)21-10-6-8-18-13-14-19-12-11-17(4)24(22)26(19)25(18)21/h5-14H,1-4H3. The summed E-state index contributed by atoms with van der Waals surface area (Å²) in [6.07, 6.45) is 0. The zero-order valence-corrected chi connectivity index (χ0v) is 15.8. The molecule has 0 heteroatoms. The van der Waals surface area contributed by atoms with Crippen LogP contribution in [0.1, 0.15) is 36.1 Å². The molecule has 0 unspecified atom stereocenters. The summed E-state index contributed by atoms with van der Waals surface area (Å²) in [6.45, 7) is 9.00. The molecule has 0 N–H and O–H groups in total. The van der Waals surface area contributed by atoms with Gasteiger partial charge in [-0.3, -0.25) is 0 Å². The van der Waals surface area contributed by atoms with Crippen LogP contribution in [-0.4, -0.2) is 0 Å². The Balaban J connectivity index is 2.20. The second kappa shape index (κ2) is 5.32. The molecule has 26 heavy (non-hydrogen) atoms. The van der Waals surface area contributed by atoms with Crippen molar-refractivity contribution in [1.82, 2.24) is 0 Å². The fourth-order valence-electron chi connectivity index (χ4n) is 4.69. The maximum atomic E-state index is 2.29. The predicted molar refractivity (Wildman–Crippen MR) is 114 cm³/mol. The molecule has 0 saturated heterocycles. The van der Waals surface area contributed by atoms with Gasteiger partial charge in [-0.05, 0) is 88.2 Å². The average Bonchev–Trinajstić information content (AvgIpc) is 2.77. The molecule has 0 fully saturated rings. The highest BCUT2D eigenvalue weighted by atomic mass is 14.3. The summed E-state index contributed by atoms with van der Waals surface area (Å²) >= 11 is 0. The molecule has 1 aliphatic rings. The number of aryl methyl sites for hydroxylation is 2. The van der Waals surface area contributed by atoms with Gasteiger partial charge in [0.15, 0.2) is 0 Å². The van der Waals surface area contributed by atoms with Gasteiger partial charge in [-0.1, -0.05) is 66.2 Å². The quantitative estimate of drug-likeness (QED) is 0.258. The lowest BCUT2D eigenvalue weighted by atomic mass is 9.85. The highest BCUT2D eigenvalue weighted by molar-refractivity contribution is 6.22. The fraction of sp³-hybridized carbons (Fsp3) is 0.154. The molecule has 0 atom stereocenters. The van der Waals surface area contributed by atoms with E-state index in [2.05, 4.69) is 88.4 Å². The van der Waals surface area contributed by atoms with Gasteiger partial charge in [0.1, 0.15) is 0 Å². The van der Waals surface area contributed by atoms with Gasteiger partial charge >= 0.3 is 0 Å². The van der Waals surface area contributed by atoms with Crippen molar-refractivity contribution in [2.75, 3.05) is 0 Å². The predicted octanol–water partition coefficient (Wildman–Crippen LogP) is 7.43. The van der Waals surface area contributed by atoms with Crippen LogP contribution in [0.5, 0.6) is 0 Å². The number of fused-ring (bicyclic) bond motifs is 2. The smallest absolute Gasteiger partial charge is 0.00177 e. The van der Waals surface area contributed by atoms with E-state index in [0.29, 0.717) is 0 Å². The van der Waals surface area contributed by atoms with Crippen LogP contribution in [-0.2, 0) is 0 Å². The van der Waals surface area contributed by atoms with Crippen LogP contribution in [0.4, 0.5) is 0 Å². The van der Waals surface area contributed by atoms with Crippen molar-refractivity contribution in [1.29, 1.82) is 0 Å². The Hall–Kier alpha value is -2.86. The van der Waals surface area contributed by atoms with Crippen LogP contribution in [0.3, 0.4) is 0 Å². The molecule has 0 radical (unpaired) electrons. The number of rotatable bonds is 0. The Kier molecular flexibility index (Phi) is 3.15. The molecular formula is C26H22. The topological polar surface area (TPSA) is 0 Å². The first-order chi connectivity index (χ1) is 12.6. The molecule has 0 heterocycles. The first-order valence-electron chi connectivity index (χ1n) is 9.31. The minimum Gasteiger partial charge on any atom is -0.0679 e. The second-order valence-electron chi connectivity index (χ2n) is 7.70. The molecule has 4 aromatic carbocycles. The fourth-order valence-corrected chi connectivity index (χ4v) is 4.69. The minimum atomic E-state index is 1.32. The molecule has 0 amide bonds. The molecule has 4 aromatic rings. The Morgan fingerprint density at radius 2 is 1.19 bits per heavy atom. The summed E-state index contributed by atoms with van der Waals surface area (Å²) in [5.74, 6) is 0. The van der Waals surface area contributed by atoms with Crippen LogP contribution in [0, 0.1) is 13.8 Å². The van der Waals surface area contributed by atoms with Crippen molar-refractivity contribution in [3.8, 4) is 11.1 Å². The Bertz CT molecular complexity index is 1250. The normalized spacial score (nSPS) is 12.5. The van der Waals surface area contributed by atoms with Gasteiger partial charge in [0, 0.05) is 0 Å². The summed E-state index contributed by atoms with van der Waals surface area (Å²) in [4.78, 5) is 0. The van der Waals surface area contributed by atoms with Crippen LogP contribution in [0.25, 0.3) is 38.2 Å². The molecule has 1 aliphatic carbocycles. The van der Waals surface area contributed by atoms with Gasteiger partial charge in [-0.15, -0.1) is 0 Å². The largest absolute Gasteiger partial charge is 0.0679 e. The second-order valence-corrected chi connectivity index (χ2v) is 7.70. The zero-order valence-electron chi connectivity index (χ0n) is 15.8. The van der Waals surface area contributed by atoms with Crippen molar-refractivity contribution < 1.29 is 0 Å². The third kappa shape index (κ3) is 1.90. The minimum absolute atomic E-state index is 1.32.